The van der Waals surface area contributed by atoms with Crippen LogP contribution in [0.2, 0.25) is 0 Å². The lowest BCUT2D eigenvalue weighted by Gasteiger charge is -2.42. The summed E-state index contributed by atoms with van der Waals surface area (Å²) in [5.74, 6) is 0.191. The van der Waals surface area contributed by atoms with E-state index in [1.807, 2.05) is 6.08 Å². The molecule has 2 fully saturated rings. The van der Waals surface area contributed by atoms with Crippen molar-refractivity contribution < 1.29 is 24.1 Å². The lowest BCUT2D eigenvalue weighted by atomic mass is 9.66. The zero-order valence-electron chi connectivity index (χ0n) is 10.5. The van der Waals surface area contributed by atoms with Gasteiger partial charge < -0.3 is 19.3 Å². The fraction of sp³-hybridized carbons (Fsp3) is 0.769. The number of hydrogen-bond acceptors (Lipinski definition) is 5. The van der Waals surface area contributed by atoms with Gasteiger partial charge in [0.2, 0.25) is 0 Å². The molecule has 1 heterocycles. The van der Waals surface area contributed by atoms with E-state index in [1.165, 1.54) is 3.58 Å². The van der Waals surface area contributed by atoms with Crippen molar-refractivity contribution in [1.29, 1.82) is 0 Å². The predicted molar refractivity (Wildman–Crippen MR) is 75.0 cm³/mol. The quantitative estimate of drug-likeness (QED) is 0.417. The third-order valence-corrected chi connectivity index (χ3v) is 5.18. The summed E-state index contributed by atoms with van der Waals surface area (Å²) in [6.45, 7) is 1.82. The van der Waals surface area contributed by atoms with Crippen molar-refractivity contribution in [3.05, 3.63) is 9.66 Å². The maximum Gasteiger partial charge on any atom is 0.177 e. The van der Waals surface area contributed by atoms with Crippen LogP contribution in [0.1, 0.15) is 6.42 Å². The summed E-state index contributed by atoms with van der Waals surface area (Å²) < 4.78 is 17.6. The van der Waals surface area contributed by atoms with Gasteiger partial charge in [-0.15, -0.1) is 0 Å². The summed E-state index contributed by atoms with van der Waals surface area (Å²) in [5.41, 5.74) is -0.511. The van der Waals surface area contributed by atoms with E-state index in [-0.39, 0.29) is 30.3 Å². The number of ether oxygens (including phenoxy) is 3. The number of hydrogen-bond donors (Lipinski definition) is 1. The highest BCUT2D eigenvalue weighted by Gasteiger charge is 2.66. The van der Waals surface area contributed by atoms with Crippen molar-refractivity contribution in [3.8, 4) is 0 Å². The topological polar surface area (TPSA) is 68.3 Å². The van der Waals surface area contributed by atoms with Crippen LogP contribution in [0.25, 0.3) is 0 Å². The first-order valence-electron chi connectivity index (χ1n) is 6.55. The molecule has 5 nitrogen and oxygen atoms in total. The van der Waals surface area contributed by atoms with Crippen molar-refractivity contribution in [1.82, 2.24) is 0 Å². The molecule has 0 unspecified atom stereocenters. The van der Waals surface area contributed by atoms with Crippen molar-refractivity contribution in [2.75, 3.05) is 33.0 Å². The number of carbonyl (C=O) groups is 1. The minimum Gasteiger partial charge on any atom is -0.394 e. The maximum absolute atomic E-state index is 12.3. The molecule has 0 aromatic heterocycles. The van der Waals surface area contributed by atoms with E-state index < -0.39 is 5.60 Å². The Kier molecular flexibility index (Phi) is 3.96. The van der Waals surface area contributed by atoms with Gasteiger partial charge in [0.25, 0.3) is 0 Å². The Morgan fingerprint density at radius 1 is 1.47 bits per heavy atom. The van der Waals surface area contributed by atoms with E-state index in [0.717, 1.165) is 6.42 Å². The SMILES string of the molecule is O=C1[C@H]2C=C(I)[C@H](C[C@@H]2OCCOCCO)[C@@]12CO2. The largest absolute Gasteiger partial charge is 0.394 e. The average Bonchev–Trinajstić information content (AvgIpc) is 3.18. The van der Waals surface area contributed by atoms with Crippen molar-refractivity contribution in [2.24, 2.45) is 11.8 Å². The van der Waals surface area contributed by atoms with Crippen LogP contribution < -0.4 is 0 Å². The number of halogens is 1. The molecule has 1 spiro atoms. The number of aliphatic hydroxyl groups is 1. The summed E-state index contributed by atoms with van der Waals surface area (Å²) in [6.07, 6.45) is 2.83. The van der Waals surface area contributed by atoms with Crippen LogP contribution >= 0.6 is 22.6 Å². The monoisotopic (exact) mass is 380 g/mol. The number of carbonyl (C=O) groups excluding carboxylic acids is 1. The molecule has 19 heavy (non-hydrogen) atoms. The molecular formula is C13H17IO5. The fourth-order valence-electron chi connectivity index (χ4n) is 3.02. The van der Waals surface area contributed by atoms with Gasteiger partial charge >= 0.3 is 0 Å². The molecule has 1 aliphatic heterocycles. The van der Waals surface area contributed by atoms with Gasteiger partial charge in [-0.05, 0) is 32.6 Å². The van der Waals surface area contributed by atoms with Gasteiger partial charge in [-0.2, -0.15) is 0 Å². The first-order chi connectivity index (χ1) is 9.19. The number of epoxide rings is 1. The van der Waals surface area contributed by atoms with Crippen molar-refractivity contribution >= 4 is 28.4 Å². The lowest BCUT2D eigenvalue weighted by Crippen LogP contribution is -2.53. The van der Waals surface area contributed by atoms with E-state index in [2.05, 4.69) is 22.6 Å². The minimum absolute atomic E-state index is 0.0212. The van der Waals surface area contributed by atoms with Gasteiger partial charge in [-0.3, -0.25) is 4.79 Å². The summed E-state index contributed by atoms with van der Waals surface area (Å²) in [6, 6.07) is 0. The third kappa shape index (κ3) is 2.37. The Bertz CT molecular complexity index is 404. The van der Waals surface area contributed by atoms with Crippen molar-refractivity contribution in [3.63, 3.8) is 0 Å². The third-order valence-electron chi connectivity index (χ3n) is 4.07. The number of fused-ring (bicyclic) bond motifs is 1. The molecule has 1 saturated carbocycles. The van der Waals surface area contributed by atoms with Gasteiger partial charge in [0.05, 0.1) is 45.1 Å². The molecule has 0 aromatic rings. The Balaban J connectivity index is 1.57. The van der Waals surface area contributed by atoms with E-state index in [4.69, 9.17) is 19.3 Å². The molecule has 1 N–H and O–H groups in total. The van der Waals surface area contributed by atoms with Crippen molar-refractivity contribution in [2.45, 2.75) is 18.1 Å². The Labute approximate surface area is 125 Å². The normalized spacial score (nSPS) is 39.8. The molecule has 106 valence electrons. The molecular weight excluding hydrogens is 363 g/mol. The summed E-state index contributed by atoms with van der Waals surface area (Å²) in [4.78, 5) is 12.3. The number of ketones is 1. The lowest BCUT2D eigenvalue weighted by molar-refractivity contribution is -0.141. The first kappa shape index (κ1) is 13.9. The standard InChI is InChI=1S/C13H17IO5/c14-10-5-8-11(18-4-3-17-2-1-15)6-9(10)13(7-19-13)12(8)16/h5,8-9,11,15H,1-4,6-7H2/t8-,9-,11-,13-/m0/s1. The van der Waals surface area contributed by atoms with Crippen LogP contribution in [0.5, 0.6) is 0 Å². The van der Waals surface area contributed by atoms with Gasteiger partial charge in [-0.25, -0.2) is 0 Å². The maximum atomic E-state index is 12.3. The highest BCUT2D eigenvalue weighted by atomic mass is 127. The van der Waals surface area contributed by atoms with E-state index in [0.29, 0.717) is 26.4 Å². The smallest absolute Gasteiger partial charge is 0.177 e. The second kappa shape index (κ2) is 5.40. The first-order valence-corrected chi connectivity index (χ1v) is 7.62. The van der Waals surface area contributed by atoms with E-state index >= 15 is 0 Å². The summed E-state index contributed by atoms with van der Waals surface area (Å²) in [5, 5.41) is 8.60. The molecule has 0 aromatic carbocycles. The molecule has 4 aliphatic rings. The average molecular weight is 380 g/mol. The Morgan fingerprint density at radius 3 is 2.95 bits per heavy atom. The number of rotatable bonds is 6. The zero-order valence-corrected chi connectivity index (χ0v) is 12.7. The molecule has 0 radical (unpaired) electrons. The number of Topliss-reactive ketones (excluding diaryl/α,β-unsaturated/α-hetero) is 1. The molecule has 2 bridgehead atoms. The molecule has 0 amide bonds. The highest BCUT2D eigenvalue weighted by molar-refractivity contribution is 14.1. The Hall–Kier alpha value is -0.0200. The van der Waals surface area contributed by atoms with Crippen LogP contribution in [0.3, 0.4) is 0 Å². The Morgan fingerprint density at radius 2 is 2.26 bits per heavy atom. The van der Waals surface area contributed by atoms with Gasteiger partial charge in [0.1, 0.15) is 0 Å². The second-order valence-corrected chi connectivity index (χ2v) is 6.40. The summed E-state index contributed by atoms with van der Waals surface area (Å²) in [7, 11) is 0. The molecule has 3 aliphatic carbocycles. The van der Waals surface area contributed by atoms with Gasteiger partial charge in [0.15, 0.2) is 11.4 Å². The van der Waals surface area contributed by atoms with E-state index in [1.54, 1.807) is 0 Å². The van der Waals surface area contributed by atoms with Gasteiger partial charge in [-0.1, -0.05) is 6.08 Å². The van der Waals surface area contributed by atoms with Crippen LogP contribution in [0, 0.1) is 11.8 Å². The minimum atomic E-state index is -0.511. The molecule has 1 saturated heterocycles. The van der Waals surface area contributed by atoms with Crippen LogP contribution in [-0.4, -0.2) is 55.6 Å². The number of aliphatic hydroxyl groups excluding tert-OH is 1. The second-order valence-electron chi connectivity index (χ2n) is 5.15. The molecule has 4 rings (SSSR count). The van der Waals surface area contributed by atoms with Crippen LogP contribution in [0.15, 0.2) is 9.66 Å². The highest BCUT2D eigenvalue weighted by Crippen LogP contribution is 2.55. The zero-order chi connectivity index (χ0) is 13.5. The summed E-state index contributed by atoms with van der Waals surface area (Å²) >= 11 is 2.31. The molecule has 6 heteroatoms. The van der Waals surface area contributed by atoms with Gasteiger partial charge in [0, 0.05) is 5.92 Å². The predicted octanol–water partition coefficient (Wildman–Crippen LogP) is 0.687. The molecule has 4 atom stereocenters. The van der Waals surface area contributed by atoms with Crippen LogP contribution in [-0.2, 0) is 19.0 Å². The van der Waals surface area contributed by atoms with E-state index in [9.17, 15) is 4.79 Å². The fourth-order valence-corrected chi connectivity index (χ4v) is 4.16. The van der Waals surface area contributed by atoms with Crippen LogP contribution in [0.4, 0.5) is 0 Å².